The Bertz CT molecular complexity index is 385. The zero-order chi connectivity index (χ0) is 14.1. The van der Waals surface area contributed by atoms with Crippen LogP contribution in [-0.4, -0.2) is 46.6 Å². The van der Waals surface area contributed by atoms with Crippen molar-refractivity contribution in [2.45, 2.75) is 69.5 Å². The van der Waals surface area contributed by atoms with Gasteiger partial charge in [0.2, 0.25) is 5.91 Å². The van der Waals surface area contributed by atoms with Crippen molar-refractivity contribution in [3.63, 3.8) is 0 Å². The second-order valence-electron chi connectivity index (χ2n) is 6.49. The predicted molar refractivity (Wildman–Crippen MR) is 74.3 cm³/mol. The van der Waals surface area contributed by atoms with Gasteiger partial charge in [-0.15, -0.1) is 0 Å². The lowest BCUT2D eigenvalue weighted by atomic mass is 9.85. The minimum absolute atomic E-state index is 0.0199. The van der Waals surface area contributed by atoms with Gasteiger partial charge in [0.1, 0.15) is 6.04 Å². The molecule has 2 saturated heterocycles. The van der Waals surface area contributed by atoms with Crippen molar-refractivity contribution in [2.24, 2.45) is 5.92 Å². The zero-order valence-electron chi connectivity index (χ0n) is 11.9. The number of carbonyl (C=O) groups is 2. The third-order valence-corrected chi connectivity index (χ3v) is 5.23. The van der Waals surface area contributed by atoms with E-state index < -0.39 is 12.0 Å². The number of aliphatic carboxylic acids is 1. The predicted octanol–water partition coefficient (Wildman–Crippen LogP) is 1.37. The van der Waals surface area contributed by atoms with E-state index in [0.29, 0.717) is 24.9 Å². The fourth-order valence-electron chi connectivity index (χ4n) is 4.16. The number of amides is 1. The van der Waals surface area contributed by atoms with Gasteiger partial charge in [-0.3, -0.25) is 4.79 Å². The second-order valence-corrected chi connectivity index (χ2v) is 6.49. The molecule has 0 aromatic carbocycles. The number of carboxylic acid groups (broad SMARTS) is 1. The average molecular weight is 280 g/mol. The topological polar surface area (TPSA) is 69.6 Å². The standard InChI is InChI=1S/C15H24N2O3/c18-14(17-8-4-3-7-13(17)15(19)20)12-9-10-5-1-2-6-11(10)16-12/h10-13,16H,1-9H2,(H,19,20)/t10?,11?,12?,13-/m1/s1. The van der Waals surface area contributed by atoms with Crippen LogP contribution in [0, 0.1) is 5.92 Å². The molecular weight excluding hydrogens is 256 g/mol. The first-order valence-electron chi connectivity index (χ1n) is 7.96. The van der Waals surface area contributed by atoms with Gasteiger partial charge in [0.05, 0.1) is 6.04 Å². The zero-order valence-corrected chi connectivity index (χ0v) is 11.9. The molecule has 0 bridgehead atoms. The Kier molecular flexibility index (Phi) is 3.96. The largest absolute Gasteiger partial charge is 0.480 e. The van der Waals surface area contributed by atoms with Crippen molar-refractivity contribution < 1.29 is 14.7 Å². The van der Waals surface area contributed by atoms with Gasteiger partial charge < -0.3 is 15.3 Å². The summed E-state index contributed by atoms with van der Waals surface area (Å²) in [4.78, 5) is 25.6. The first kappa shape index (κ1) is 13.9. The molecule has 2 aliphatic heterocycles. The summed E-state index contributed by atoms with van der Waals surface area (Å²) < 4.78 is 0. The molecule has 20 heavy (non-hydrogen) atoms. The minimum Gasteiger partial charge on any atom is -0.480 e. The Hall–Kier alpha value is -1.10. The molecule has 0 aromatic rings. The SMILES string of the molecule is O=C(O)[C@H]1CCCCN1C(=O)C1CC2CCCCC2N1. The number of nitrogens with one attached hydrogen (secondary N) is 1. The number of hydrogen-bond acceptors (Lipinski definition) is 3. The van der Waals surface area contributed by atoms with Gasteiger partial charge in [0.25, 0.3) is 0 Å². The van der Waals surface area contributed by atoms with Gasteiger partial charge in [0.15, 0.2) is 0 Å². The molecule has 0 radical (unpaired) electrons. The molecule has 2 heterocycles. The highest BCUT2D eigenvalue weighted by atomic mass is 16.4. The van der Waals surface area contributed by atoms with E-state index in [0.717, 1.165) is 25.7 Å². The quantitative estimate of drug-likeness (QED) is 0.801. The molecule has 3 unspecified atom stereocenters. The number of fused-ring (bicyclic) bond motifs is 1. The van der Waals surface area contributed by atoms with Gasteiger partial charge in [0, 0.05) is 12.6 Å². The minimum atomic E-state index is -0.853. The summed E-state index contributed by atoms with van der Waals surface area (Å²) in [6.07, 6.45) is 8.22. The highest BCUT2D eigenvalue weighted by molar-refractivity contribution is 5.87. The Morgan fingerprint density at radius 3 is 2.55 bits per heavy atom. The second kappa shape index (κ2) is 5.72. The van der Waals surface area contributed by atoms with Crippen LogP contribution in [0.1, 0.15) is 51.4 Å². The monoisotopic (exact) mass is 280 g/mol. The van der Waals surface area contributed by atoms with Crippen LogP contribution in [0.2, 0.25) is 0 Å². The van der Waals surface area contributed by atoms with Crippen molar-refractivity contribution in [1.29, 1.82) is 0 Å². The summed E-state index contributed by atoms with van der Waals surface area (Å²) in [7, 11) is 0. The van der Waals surface area contributed by atoms with Gasteiger partial charge in [-0.25, -0.2) is 4.79 Å². The first-order chi connectivity index (χ1) is 9.66. The van der Waals surface area contributed by atoms with Crippen molar-refractivity contribution in [1.82, 2.24) is 10.2 Å². The Morgan fingerprint density at radius 2 is 1.80 bits per heavy atom. The summed E-state index contributed by atoms with van der Waals surface area (Å²) in [5, 5.41) is 12.8. The van der Waals surface area contributed by atoms with Crippen LogP contribution in [0.15, 0.2) is 0 Å². The molecule has 0 aromatic heterocycles. The third-order valence-electron chi connectivity index (χ3n) is 5.23. The molecule has 2 N–H and O–H groups in total. The Morgan fingerprint density at radius 1 is 1.05 bits per heavy atom. The third kappa shape index (κ3) is 2.55. The molecule has 3 fully saturated rings. The fraction of sp³-hybridized carbons (Fsp3) is 0.867. The molecule has 4 atom stereocenters. The van der Waals surface area contributed by atoms with Crippen LogP contribution in [0.5, 0.6) is 0 Å². The van der Waals surface area contributed by atoms with E-state index >= 15 is 0 Å². The highest BCUT2D eigenvalue weighted by Gasteiger charge is 2.42. The van der Waals surface area contributed by atoms with Crippen LogP contribution in [0.4, 0.5) is 0 Å². The maximum Gasteiger partial charge on any atom is 0.326 e. The lowest BCUT2D eigenvalue weighted by molar-refractivity contribution is -0.152. The van der Waals surface area contributed by atoms with Crippen molar-refractivity contribution in [2.75, 3.05) is 6.54 Å². The molecule has 0 spiro atoms. The van der Waals surface area contributed by atoms with E-state index in [1.807, 2.05) is 0 Å². The number of carbonyl (C=O) groups excluding carboxylic acids is 1. The van der Waals surface area contributed by atoms with Gasteiger partial charge >= 0.3 is 5.97 Å². The number of carboxylic acids is 1. The summed E-state index contributed by atoms with van der Waals surface area (Å²) in [5.74, 6) is -0.217. The maximum absolute atomic E-state index is 12.7. The average Bonchev–Trinajstić information content (AvgIpc) is 2.90. The van der Waals surface area contributed by atoms with Crippen molar-refractivity contribution in [3.8, 4) is 0 Å². The summed E-state index contributed by atoms with van der Waals surface area (Å²) in [5.41, 5.74) is 0. The van der Waals surface area contributed by atoms with E-state index in [2.05, 4.69) is 5.32 Å². The molecule has 112 valence electrons. The van der Waals surface area contributed by atoms with Gasteiger partial charge in [-0.2, -0.15) is 0 Å². The van der Waals surface area contributed by atoms with E-state index in [-0.39, 0.29) is 11.9 Å². The van der Waals surface area contributed by atoms with Crippen molar-refractivity contribution in [3.05, 3.63) is 0 Å². The molecule has 1 saturated carbocycles. The smallest absolute Gasteiger partial charge is 0.326 e. The fourth-order valence-corrected chi connectivity index (χ4v) is 4.16. The van der Waals surface area contributed by atoms with E-state index in [1.54, 1.807) is 4.90 Å². The summed E-state index contributed by atoms with van der Waals surface area (Å²) in [6.45, 7) is 0.601. The lowest BCUT2D eigenvalue weighted by Crippen LogP contribution is -2.53. The Labute approximate surface area is 119 Å². The first-order valence-corrected chi connectivity index (χ1v) is 7.96. The lowest BCUT2D eigenvalue weighted by Gasteiger charge is -2.34. The molecule has 3 aliphatic rings. The van der Waals surface area contributed by atoms with Crippen LogP contribution < -0.4 is 5.32 Å². The highest BCUT2D eigenvalue weighted by Crippen LogP contribution is 2.34. The van der Waals surface area contributed by atoms with Crippen LogP contribution >= 0.6 is 0 Å². The van der Waals surface area contributed by atoms with Crippen LogP contribution in [-0.2, 0) is 9.59 Å². The van der Waals surface area contributed by atoms with Crippen LogP contribution in [0.25, 0.3) is 0 Å². The normalized spacial score (nSPS) is 37.5. The number of hydrogen-bond donors (Lipinski definition) is 2. The maximum atomic E-state index is 12.7. The van der Waals surface area contributed by atoms with E-state index in [1.165, 1.54) is 19.3 Å². The molecule has 1 amide bonds. The van der Waals surface area contributed by atoms with Gasteiger partial charge in [-0.05, 0) is 44.4 Å². The molecule has 1 aliphatic carbocycles. The van der Waals surface area contributed by atoms with E-state index in [4.69, 9.17) is 0 Å². The van der Waals surface area contributed by atoms with Crippen LogP contribution in [0.3, 0.4) is 0 Å². The number of piperidine rings is 1. The molecule has 5 heteroatoms. The van der Waals surface area contributed by atoms with Crippen molar-refractivity contribution >= 4 is 11.9 Å². The molecule has 5 nitrogen and oxygen atoms in total. The summed E-state index contributed by atoms with van der Waals surface area (Å²) >= 11 is 0. The molecule has 3 rings (SSSR count). The van der Waals surface area contributed by atoms with E-state index in [9.17, 15) is 14.7 Å². The molecular formula is C15H24N2O3. The summed E-state index contributed by atoms with van der Waals surface area (Å²) in [6, 6.07) is -0.283. The number of likely N-dealkylation sites (tertiary alicyclic amines) is 1. The van der Waals surface area contributed by atoms with Gasteiger partial charge in [-0.1, -0.05) is 12.8 Å². The number of nitrogens with zero attached hydrogens (tertiary/aromatic N) is 1. The Balaban J connectivity index is 1.67. The number of rotatable bonds is 2.